The van der Waals surface area contributed by atoms with Crippen LogP contribution in [0.3, 0.4) is 0 Å². The van der Waals surface area contributed by atoms with Crippen LogP contribution in [0.4, 0.5) is 0 Å². The van der Waals surface area contributed by atoms with E-state index in [1.165, 1.54) is 0 Å². The summed E-state index contributed by atoms with van der Waals surface area (Å²) in [5.74, 6) is -1.67. The van der Waals surface area contributed by atoms with Gasteiger partial charge in [0, 0.05) is 17.4 Å². The summed E-state index contributed by atoms with van der Waals surface area (Å²) in [6.45, 7) is 5.37. The van der Waals surface area contributed by atoms with Gasteiger partial charge < -0.3 is 13.9 Å². The molecule has 1 aromatic heterocycles. The van der Waals surface area contributed by atoms with E-state index in [9.17, 15) is 14.4 Å². The first-order chi connectivity index (χ1) is 14.8. The lowest BCUT2D eigenvalue weighted by atomic mass is 9.95. The van der Waals surface area contributed by atoms with Crippen molar-refractivity contribution < 1.29 is 28.3 Å². The van der Waals surface area contributed by atoms with Gasteiger partial charge in [0.25, 0.3) is 0 Å². The van der Waals surface area contributed by atoms with Crippen molar-refractivity contribution in [2.75, 3.05) is 13.2 Å². The van der Waals surface area contributed by atoms with Crippen LogP contribution in [-0.2, 0) is 25.5 Å². The predicted molar refractivity (Wildman–Crippen MR) is 119 cm³/mol. The fourth-order valence-corrected chi connectivity index (χ4v) is 3.79. The number of alkyl halides is 1. The van der Waals surface area contributed by atoms with Gasteiger partial charge >= 0.3 is 11.9 Å². The normalized spacial score (nSPS) is 11.4. The topological polar surface area (TPSA) is 82.8 Å². The molecule has 0 saturated carbocycles. The molecule has 3 rings (SSSR count). The highest BCUT2D eigenvalue weighted by Gasteiger charge is 2.48. The van der Waals surface area contributed by atoms with E-state index in [1.807, 2.05) is 25.1 Å². The van der Waals surface area contributed by atoms with Crippen molar-refractivity contribution in [2.24, 2.45) is 0 Å². The van der Waals surface area contributed by atoms with Gasteiger partial charge in [0.05, 0.1) is 18.8 Å². The van der Waals surface area contributed by atoms with Crippen molar-refractivity contribution in [3.8, 4) is 0 Å². The van der Waals surface area contributed by atoms with Crippen molar-refractivity contribution in [3.05, 3.63) is 71.0 Å². The summed E-state index contributed by atoms with van der Waals surface area (Å²) in [6, 6.07) is 14.3. The summed E-state index contributed by atoms with van der Waals surface area (Å²) in [6.07, 6.45) is -0.244. The van der Waals surface area contributed by atoms with Crippen LogP contribution in [0.5, 0.6) is 0 Å². The molecule has 31 heavy (non-hydrogen) atoms. The summed E-state index contributed by atoms with van der Waals surface area (Å²) in [7, 11) is 0. The number of ketones is 1. The Hall–Kier alpha value is -2.93. The fraction of sp³-hybridized carbons (Fsp3) is 0.292. The number of esters is 2. The molecule has 0 fully saturated rings. The summed E-state index contributed by atoms with van der Waals surface area (Å²) < 4.78 is 14.4. The Morgan fingerprint density at radius 2 is 1.58 bits per heavy atom. The van der Waals surface area contributed by atoms with Crippen LogP contribution in [0, 0.1) is 6.92 Å². The zero-order valence-electron chi connectivity index (χ0n) is 17.6. The lowest BCUT2D eigenvalue weighted by Crippen LogP contribution is -2.45. The van der Waals surface area contributed by atoms with E-state index in [1.54, 1.807) is 44.2 Å². The number of hydrogen-bond acceptors (Lipinski definition) is 6. The standard InChI is InChI=1S/C24H23BrO6/c1-4-29-22(27)24(25,23(28)30-5-2)14-19-20(21(26)16-9-7-6-8-10-16)17-13-15(3)11-12-18(17)31-19/h6-13H,4-5,14H2,1-3H3. The van der Waals surface area contributed by atoms with Gasteiger partial charge in [-0.05, 0) is 32.9 Å². The van der Waals surface area contributed by atoms with Crippen molar-refractivity contribution in [2.45, 2.75) is 31.5 Å². The molecule has 2 aromatic carbocycles. The molecule has 0 saturated heterocycles. The molecule has 0 bridgehead atoms. The lowest BCUT2D eigenvalue weighted by Gasteiger charge is -2.22. The van der Waals surface area contributed by atoms with Crippen LogP contribution < -0.4 is 0 Å². The third-order valence-corrected chi connectivity index (χ3v) is 5.71. The van der Waals surface area contributed by atoms with Crippen LogP contribution >= 0.6 is 15.9 Å². The zero-order valence-corrected chi connectivity index (χ0v) is 19.2. The van der Waals surface area contributed by atoms with Crippen LogP contribution in [0.25, 0.3) is 11.0 Å². The quantitative estimate of drug-likeness (QED) is 0.197. The Morgan fingerprint density at radius 3 is 2.16 bits per heavy atom. The van der Waals surface area contributed by atoms with E-state index in [0.717, 1.165) is 5.56 Å². The van der Waals surface area contributed by atoms with Gasteiger partial charge in [0.1, 0.15) is 11.3 Å². The van der Waals surface area contributed by atoms with Crippen LogP contribution in [0.2, 0.25) is 0 Å². The number of benzene rings is 2. The van der Waals surface area contributed by atoms with Gasteiger partial charge in [-0.15, -0.1) is 0 Å². The first kappa shape index (κ1) is 22.7. The Morgan fingerprint density at radius 1 is 0.968 bits per heavy atom. The van der Waals surface area contributed by atoms with Gasteiger partial charge in [0.2, 0.25) is 4.32 Å². The number of fused-ring (bicyclic) bond motifs is 1. The maximum atomic E-state index is 13.4. The molecule has 0 radical (unpaired) electrons. The number of carbonyl (C=O) groups excluding carboxylic acids is 3. The Balaban J connectivity index is 2.17. The highest BCUT2D eigenvalue weighted by molar-refractivity contribution is 9.10. The molecule has 0 amide bonds. The largest absolute Gasteiger partial charge is 0.464 e. The second-order valence-electron chi connectivity index (χ2n) is 7.01. The Labute approximate surface area is 188 Å². The number of hydrogen-bond donors (Lipinski definition) is 0. The van der Waals surface area contributed by atoms with E-state index >= 15 is 0 Å². The molecule has 3 aromatic rings. The first-order valence-corrected chi connectivity index (χ1v) is 10.8. The molecule has 1 heterocycles. The number of furan rings is 1. The number of halogens is 1. The second kappa shape index (κ2) is 9.47. The Bertz CT molecular complexity index is 1100. The predicted octanol–water partition coefficient (Wildman–Crippen LogP) is 4.77. The van der Waals surface area contributed by atoms with Crippen LogP contribution in [0.1, 0.15) is 41.1 Å². The molecule has 162 valence electrons. The van der Waals surface area contributed by atoms with Crippen molar-refractivity contribution in [3.63, 3.8) is 0 Å². The molecule has 7 heteroatoms. The van der Waals surface area contributed by atoms with E-state index in [-0.39, 0.29) is 31.2 Å². The second-order valence-corrected chi connectivity index (χ2v) is 8.37. The minimum Gasteiger partial charge on any atom is -0.464 e. The summed E-state index contributed by atoms with van der Waals surface area (Å²) in [5, 5.41) is 0.617. The average Bonchev–Trinajstić information content (AvgIpc) is 3.10. The molecule has 0 aliphatic carbocycles. The molecule has 0 aliphatic rings. The number of ether oxygens (including phenoxy) is 2. The fourth-order valence-electron chi connectivity index (χ4n) is 3.31. The van der Waals surface area contributed by atoms with E-state index in [2.05, 4.69) is 15.9 Å². The molecule has 0 N–H and O–H groups in total. The maximum absolute atomic E-state index is 13.4. The van der Waals surface area contributed by atoms with Crippen molar-refractivity contribution in [1.82, 2.24) is 0 Å². The monoisotopic (exact) mass is 486 g/mol. The zero-order chi connectivity index (χ0) is 22.6. The van der Waals surface area contributed by atoms with E-state index < -0.39 is 16.3 Å². The third-order valence-electron chi connectivity index (χ3n) is 4.78. The van der Waals surface area contributed by atoms with Crippen LogP contribution in [-0.4, -0.2) is 35.3 Å². The molecule has 0 atom stereocenters. The van der Waals surface area contributed by atoms with E-state index in [4.69, 9.17) is 13.9 Å². The van der Waals surface area contributed by atoms with Crippen LogP contribution in [0.15, 0.2) is 52.9 Å². The third kappa shape index (κ3) is 4.56. The van der Waals surface area contributed by atoms with Gasteiger partial charge in [-0.3, -0.25) is 4.79 Å². The smallest absolute Gasteiger partial charge is 0.334 e. The minimum atomic E-state index is -1.84. The highest BCUT2D eigenvalue weighted by Crippen LogP contribution is 2.35. The molecular formula is C24H23BrO6. The molecule has 6 nitrogen and oxygen atoms in total. The highest BCUT2D eigenvalue weighted by atomic mass is 79.9. The molecular weight excluding hydrogens is 464 g/mol. The maximum Gasteiger partial charge on any atom is 0.334 e. The summed E-state index contributed by atoms with van der Waals surface area (Å²) in [5.41, 5.74) is 2.22. The lowest BCUT2D eigenvalue weighted by molar-refractivity contribution is -0.158. The number of aryl methyl sites for hydroxylation is 1. The molecule has 0 unspecified atom stereocenters. The summed E-state index contributed by atoms with van der Waals surface area (Å²) in [4.78, 5) is 38.8. The van der Waals surface area contributed by atoms with Gasteiger partial charge in [-0.25, -0.2) is 9.59 Å². The number of carbonyl (C=O) groups is 3. The van der Waals surface area contributed by atoms with Crippen molar-refractivity contribution in [1.29, 1.82) is 0 Å². The van der Waals surface area contributed by atoms with Crippen molar-refractivity contribution >= 4 is 44.6 Å². The van der Waals surface area contributed by atoms with Gasteiger partial charge in [-0.2, -0.15) is 0 Å². The average molecular weight is 487 g/mol. The van der Waals surface area contributed by atoms with E-state index in [0.29, 0.717) is 22.1 Å². The SMILES string of the molecule is CCOC(=O)C(Br)(Cc1oc2ccc(C)cc2c1C(=O)c1ccccc1)C(=O)OCC. The minimum absolute atomic E-state index is 0.0840. The van der Waals surface area contributed by atoms with Gasteiger partial charge in [0.15, 0.2) is 5.78 Å². The Kier molecular flexibility index (Phi) is 6.95. The molecule has 0 spiro atoms. The summed E-state index contributed by atoms with van der Waals surface area (Å²) >= 11 is 3.25. The first-order valence-electron chi connectivity index (χ1n) is 9.97. The van der Waals surface area contributed by atoms with Gasteiger partial charge in [-0.1, -0.05) is 57.9 Å². The number of rotatable bonds is 8. The molecule has 0 aliphatic heterocycles.